The molecule has 6 heteroatoms. The normalized spacial score (nSPS) is 10.5. The lowest BCUT2D eigenvalue weighted by Crippen LogP contribution is -2.23. The van der Waals surface area contributed by atoms with Crippen molar-refractivity contribution in [2.24, 2.45) is 7.05 Å². The number of benzene rings is 1. The highest BCUT2D eigenvalue weighted by Crippen LogP contribution is 2.25. The first-order chi connectivity index (χ1) is 8.99. The Hall–Kier alpha value is -1.52. The first kappa shape index (κ1) is 13.9. The lowest BCUT2D eigenvalue weighted by molar-refractivity contribution is 0.0950. The molecule has 0 saturated heterocycles. The average Bonchev–Trinajstić information content (AvgIpc) is 2.69. The molecule has 0 fully saturated rings. The molecule has 2 rings (SSSR count). The van der Waals surface area contributed by atoms with Crippen LogP contribution in [0.3, 0.4) is 0 Å². The van der Waals surface area contributed by atoms with Crippen molar-refractivity contribution in [1.29, 1.82) is 0 Å². The smallest absolute Gasteiger partial charge is 0.253 e. The number of aromatic nitrogens is 2. The third kappa shape index (κ3) is 3.08. The number of carbonyl (C=O) groups excluding carboxylic acids is 1. The standard InChI is InChI=1S/C13H13Cl2N3O/c1-8-6-9(17-18(8)2)7-16-13(19)10-4-3-5-11(14)12(10)15/h3-6H,7H2,1-2H3,(H,16,19). The van der Waals surface area contributed by atoms with Crippen molar-refractivity contribution in [1.82, 2.24) is 15.1 Å². The summed E-state index contributed by atoms with van der Waals surface area (Å²) in [5, 5.41) is 7.65. The van der Waals surface area contributed by atoms with Gasteiger partial charge in [0, 0.05) is 12.7 Å². The number of nitrogens with one attached hydrogen (secondary N) is 1. The lowest BCUT2D eigenvalue weighted by atomic mass is 10.2. The summed E-state index contributed by atoms with van der Waals surface area (Å²) in [5.41, 5.74) is 2.19. The molecule has 0 bridgehead atoms. The molecule has 19 heavy (non-hydrogen) atoms. The third-order valence-corrected chi connectivity index (χ3v) is 3.61. The van der Waals surface area contributed by atoms with Crippen LogP contribution in [-0.2, 0) is 13.6 Å². The topological polar surface area (TPSA) is 46.9 Å². The van der Waals surface area contributed by atoms with E-state index in [2.05, 4.69) is 10.4 Å². The molecule has 0 aliphatic carbocycles. The summed E-state index contributed by atoms with van der Waals surface area (Å²) in [5.74, 6) is -0.268. The number of aryl methyl sites for hydroxylation is 2. The average molecular weight is 298 g/mol. The van der Waals surface area contributed by atoms with Crippen LogP contribution in [0.5, 0.6) is 0 Å². The van der Waals surface area contributed by atoms with Crippen LogP contribution in [0.4, 0.5) is 0 Å². The first-order valence-corrected chi connectivity index (χ1v) is 6.46. The zero-order valence-electron chi connectivity index (χ0n) is 10.6. The van der Waals surface area contributed by atoms with Crippen molar-refractivity contribution in [2.75, 3.05) is 0 Å². The molecule has 1 heterocycles. The van der Waals surface area contributed by atoms with Gasteiger partial charge >= 0.3 is 0 Å². The van der Waals surface area contributed by atoms with Gasteiger partial charge in [0.15, 0.2) is 0 Å². The zero-order valence-corrected chi connectivity index (χ0v) is 12.1. The van der Waals surface area contributed by atoms with Gasteiger partial charge < -0.3 is 5.32 Å². The van der Waals surface area contributed by atoms with E-state index in [1.54, 1.807) is 22.9 Å². The predicted octanol–water partition coefficient (Wildman–Crippen LogP) is 2.97. The van der Waals surface area contributed by atoms with Crippen LogP contribution in [0.1, 0.15) is 21.7 Å². The summed E-state index contributed by atoms with van der Waals surface area (Å²) in [6, 6.07) is 6.88. The highest BCUT2D eigenvalue weighted by molar-refractivity contribution is 6.43. The zero-order chi connectivity index (χ0) is 14.0. The number of carbonyl (C=O) groups is 1. The van der Waals surface area contributed by atoms with Gasteiger partial charge in [-0.25, -0.2) is 0 Å². The molecule has 1 aromatic carbocycles. The Balaban J connectivity index is 2.07. The monoisotopic (exact) mass is 297 g/mol. The summed E-state index contributed by atoms with van der Waals surface area (Å²) < 4.78 is 1.76. The number of nitrogens with zero attached hydrogens (tertiary/aromatic N) is 2. The lowest BCUT2D eigenvalue weighted by Gasteiger charge is -2.06. The Kier molecular flexibility index (Phi) is 4.12. The van der Waals surface area contributed by atoms with E-state index in [0.717, 1.165) is 11.4 Å². The van der Waals surface area contributed by atoms with Crippen LogP contribution in [-0.4, -0.2) is 15.7 Å². The minimum absolute atomic E-state index is 0.263. The Morgan fingerprint density at radius 2 is 2.16 bits per heavy atom. The largest absolute Gasteiger partial charge is 0.346 e. The highest BCUT2D eigenvalue weighted by Gasteiger charge is 2.12. The van der Waals surface area contributed by atoms with E-state index >= 15 is 0 Å². The summed E-state index contributed by atoms with van der Waals surface area (Å²) in [7, 11) is 1.86. The summed E-state index contributed by atoms with van der Waals surface area (Å²) in [4.78, 5) is 12.0. The Morgan fingerprint density at radius 3 is 2.79 bits per heavy atom. The molecule has 100 valence electrons. The van der Waals surface area contributed by atoms with Crippen LogP contribution < -0.4 is 5.32 Å². The molecule has 2 aromatic rings. The minimum Gasteiger partial charge on any atom is -0.346 e. The molecule has 0 unspecified atom stereocenters. The first-order valence-electron chi connectivity index (χ1n) is 5.70. The number of halogens is 2. The summed E-state index contributed by atoms with van der Waals surface area (Å²) >= 11 is 11.9. The fourth-order valence-corrected chi connectivity index (χ4v) is 2.05. The quantitative estimate of drug-likeness (QED) is 0.947. The molecule has 0 aliphatic rings. The fraction of sp³-hybridized carbons (Fsp3) is 0.231. The fourth-order valence-electron chi connectivity index (χ4n) is 1.67. The van der Waals surface area contributed by atoms with Gasteiger partial charge in [0.05, 0.1) is 27.8 Å². The van der Waals surface area contributed by atoms with Gasteiger partial charge in [-0.1, -0.05) is 29.3 Å². The number of amides is 1. The van der Waals surface area contributed by atoms with Crippen molar-refractivity contribution >= 4 is 29.1 Å². The second kappa shape index (κ2) is 5.63. The molecule has 0 aliphatic heterocycles. The van der Waals surface area contributed by atoms with Gasteiger partial charge in [-0.05, 0) is 25.1 Å². The maximum Gasteiger partial charge on any atom is 0.253 e. The molecule has 0 spiro atoms. The second-order valence-corrected chi connectivity index (χ2v) is 4.97. The Labute approximate surface area is 121 Å². The van der Waals surface area contributed by atoms with Crippen LogP contribution >= 0.6 is 23.2 Å². The highest BCUT2D eigenvalue weighted by atomic mass is 35.5. The van der Waals surface area contributed by atoms with Crippen LogP contribution in [0.2, 0.25) is 10.0 Å². The van der Waals surface area contributed by atoms with E-state index < -0.39 is 0 Å². The molecule has 0 radical (unpaired) electrons. The molecular formula is C13H13Cl2N3O. The molecule has 1 amide bonds. The van der Waals surface area contributed by atoms with Gasteiger partial charge in [0.1, 0.15) is 0 Å². The van der Waals surface area contributed by atoms with E-state index in [1.807, 2.05) is 20.0 Å². The molecule has 1 aromatic heterocycles. The van der Waals surface area contributed by atoms with E-state index in [1.165, 1.54) is 0 Å². The van der Waals surface area contributed by atoms with Gasteiger partial charge in [0.2, 0.25) is 0 Å². The van der Waals surface area contributed by atoms with Crippen molar-refractivity contribution in [3.63, 3.8) is 0 Å². The number of hydrogen-bond acceptors (Lipinski definition) is 2. The Bertz CT molecular complexity index is 603. The van der Waals surface area contributed by atoms with Crippen LogP contribution in [0, 0.1) is 6.92 Å². The third-order valence-electron chi connectivity index (χ3n) is 2.79. The van der Waals surface area contributed by atoms with Gasteiger partial charge in [-0.2, -0.15) is 5.10 Å². The van der Waals surface area contributed by atoms with E-state index in [9.17, 15) is 4.79 Å². The number of hydrogen-bond donors (Lipinski definition) is 1. The summed E-state index contributed by atoms with van der Waals surface area (Å²) in [6.07, 6.45) is 0. The van der Waals surface area contributed by atoms with Crippen molar-refractivity contribution in [3.8, 4) is 0 Å². The maximum atomic E-state index is 12.0. The van der Waals surface area contributed by atoms with Crippen molar-refractivity contribution in [2.45, 2.75) is 13.5 Å². The van der Waals surface area contributed by atoms with Gasteiger partial charge in [-0.3, -0.25) is 9.48 Å². The molecule has 4 nitrogen and oxygen atoms in total. The SMILES string of the molecule is Cc1cc(CNC(=O)c2cccc(Cl)c2Cl)nn1C. The van der Waals surface area contributed by atoms with Crippen molar-refractivity contribution < 1.29 is 4.79 Å². The van der Waals surface area contributed by atoms with Crippen LogP contribution in [0.15, 0.2) is 24.3 Å². The molecule has 0 saturated carbocycles. The Morgan fingerprint density at radius 1 is 1.42 bits per heavy atom. The van der Waals surface area contributed by atoms with Crippen LogP contribution in [0.25, 0.3) is 0 Å². The van der Waals surface area contributed by atoms with Gasteiger partial charge in [-0.15, -0.1) is 0 Å². The summed E-state index contributed by atoms with van der Waals surface area (Å²) in [6.45, 7) is 2.30. The predicted molar refractivity (Wildman–Crippen MR) is 75.6 cm³/mol. The van der Waals surface area contributed by atoms with E-state index in [4.69, 9.17) is 23.2 Å². The van der Waals surface area contributed by atoms with E-state index in [0.29, 0.717) is 17.1 Å². The van der Waals surface area contributed by atoms with Gasteiger partial charge in [0.25, 0.3) is 5.91 Å². The second-order valence-electron chi connectivity index (χ2n) is 4.18. The van der Waals surface area contributed by atoms with E-state index in [-0.39, 0.29) is 10.9 Å². The molecule has 1 N–H and O–H groups in total. The molecular weight excluding hydrogens is 285 g/mol. The maximum absolute atomic E-state index is 12.0. The van der Waals surface area contributed by atoms with Crippen molar-refractivity contribution in [3.05, 3.63) is 51.3 Å². The molecule has 0 atom stereocenters. The minimum atomic E-state index is -0.268. The number of rotatable bonds is 3.